The lowest BCUT2D eigenvalue weighted by molar-refractivity contribution is 0.286. The molecule has 9 heteroatoms. The van der Waals surface area contributed by atoms with Gasteiger partial charge in [0, 0.05) is 11.1 Å². The Morgan fingerprint density at radius 3 is 1.80 bits per heavy atom. The summed E-state index contributed by atoms with van der Waals surface area (Å²) in [5, 5.41) is 12.2. The number of hydrogen-bond acceptors (Lipinski definition) is 3. The van der Waals surface area contributed by atoms with Crippen LogP contribution in [0.1, 0.15) is 4.88 Å². The van der Waals surface area contributed by atoms with Crippen molar-refractivity contribution >= 4 is 80.9 Å². The van der Waals surface area contributed by atoms with Gasteiger partial charge in [-0.3, -0.25) is 0 Å². The number of aliphatic hydroxyl groups is 1. The molecule has 0 spiro atoms. The standard InChI is InChI=1S/C16H7Cl6NOS/c17-6-1-3-8(19)13(21)11(6)15-10(5-24)25-16(23-15)12-7(18)2-4-9(20)14(12)22/h1-4,24H,5H2. The summed E-state index contributed by atoms with van der Waals surface area (Å²) in [4.78, 5) is 5.10. The van der Waals surface area contributed by atoms with Crippen molar-refractivity contribution in [1.29, 1.82) is 0 Å². The van der Waals surface area contributed by atoms with E-state index in [0.29, 0.717) is 46.8 Å². The Morgan fingerprint density at radius 2 is 1.24 bits per heavy atom. The van der Waals surface area contributed by atoms with Crippen molar-refractivity contribution in [2.75, 3.05) is 0 Å². The van der Waals surface area contributed by atoms with Gasteiger partial charge in [0.2, 0.25) is 0 Å². The molecule has 2 nitrogen and oxygen atoms in total. The van der Waals surface area contributed by atoms with Crippen LogP contribution in [0.5, 0.6) is 0 Å². The lowest BCUT2D eigenvalue weighted by Gasteiger charge is -2.08. The second-order valence-electron chi connectivity index (χ2n) is 4.89. The van der Waals surface area contributed by atoms with Crippen molar-refractivity contribution < 1.29 is 5.11 Å². The fraction of sp³-hybridized carbons (Fsp3) is 0.0625. The predicted molar refractivity (Wildman–Crippen MR) is 109 cm³/mol. The molecule has 25 heavy (non-hydrogen) atoms. The van der Waals surface area contributed by atoms with Gasteiger partial charge in [0.15, 0.2) is 0 Å². The zero-order valence-electron chi connectivity index (χ0n) is 12.1. The molecule has 0 atom stereocenters. The Morgan fingerprint density at radius 1 is 0.760 bits per heavy atom. The van der Waals surface area contributed by atoms with Crippen LogP contribution < -0.4 is 0 Å². The van der Waals surface area contributed by atoms with Gasteiger partial charge in [0.25, 0.3) is 0 Å². The van der Waals surface area contributed by atoms with E-state index in [9.17, 15) is 5.11 Å². The van der Waals surface area contributed by atoms with Gasteiger partial charge in [-0.25, -0.2) is 4.98 Å². The number of hydrogen-bond donors (Lipinski definition) is 1. The fourth-order valence-corrected chi connectivity index (χ4v) is 4.75. The summed E-state index contributed by atoms with van der Waals surface area (Å²) in [6, 6.07) is 6.43. The third kappa shape index (κ3) is 3.62. The van der Waals surface area contributed by atoms with E-state index in [4.69, 9.17) is 69.6 Å². The van der Waals surface area contributed by atoms with Gasteiger partial charge in [-0.05, 0) is 24.3 Å². The highest BCUT2D eigenvalue weighted by atomic mass is 35.5. The number of rotatable bonds is 3. The van der Waals surface area contributed by atoms with Crippen molar-refractivity contribution in [1.82, 2.24) is 4.98 Å². The summed E-state index contributed by atoms with van der Waals surface area (Å²) in [6.07, 6.45) is 0. The first-order valence-electron chi connectivity index (χ1n) is 6.73. The molecule has 1 N–H and O–H groups in total. The van der Waals surface area contributed by atoms with Gasteiger partial charge in [-0.15, -0.1) is 11.3 Å². The van der Waals surface area contributed by atoms with Gasteiger partial charge in [0.1, 0.15) is 5.01 Å². The molecule has 3 aromatic rings. The van der Waals surface area contributed by atoms with Crippen molar-refractivity contribution in [2.45, 2.75) is 6.61 Å². The van der Waals surface area contributed by atoms with E-state index < -0.39 is 0 Å². The first-order chi connectivity index (χ1) is 11.8. The highest BCUT2D eigenvalue weighted by molar-refractivity contribution is 7.15. The highest BCUT2D eigenvalue weighted by Crippen LogP contribution is 2.46. The molecule has 0 bridgehead atoms. The van der Waals surface area contributed by atoms with Crippen LogP contribution in [0.4, 0.5) is 0 Å². The summed E-state index contributed by atoms with van der Waals surface area (Å²) >= 11 is 38.5. The van der Waals surface area contributed by atoms with E-state index in [1.54, 1.807) is 24.3 Å². The van der Waals surface area contributed by atoms with E-state index in [-0.39, 0.29) is 16.7 Å². The zero-order valence-corrected chi connectivity index (χ0v) is 17.4. The van der Waals surface area contributed by atoms with Crippen molar-refractivity contribution in [3.8, 4) is 21.8 Å². The number of aliphatic hydroxyl groups excluding tert-OH is 1. The molecule has 0 radical (unpaired) electrons. The summed E-state index contributed by atoms with van der Waals surface area (Å²) in [5.41, 5.74) is 1.35. The lowest BCUT2D eigenvalue weighted by atomic mass is 10.1. The Kier molecular flexibility index (Phi) is 6.09. The fourth-order valence-electron chi connectivity index (χ4n) is 2.23. The molecular formula is C16H7Cl6NOS. The molecule has 0 unspecified atom stereocenters. The average molecular weight is 474 g/mol. The quantitative estimate of drug-likeness (QED) is 0.392. The van der Waals surface area contributed by atoms with Crippen LogP contribution in [0.3, 0.4) is 0 Å². The zero-order chi connectivity index (χ0) is 18.3. The maximum atomic E-state index is 9.74. The van der Waals surface area contributed by atoms with Crippen LogP contribution in [-0.2, 0) is 6.61 Å². The molecule has 0 aliphatic carbocycles. The summed E-state index contributed by atoms with van der Waals surface area (Å²) in [6.45, 7) is -0.262. The van der Waals surface area contributed by atoms with Crippen molar-refractivity contribution in [2.24, 2.45) is 0 Å². The Bertz CT molecular complexity index is 972. The molecular weight excluding hydrogens is 467 g/mol. The topological polar surface area (TPSA) is 33.1 Å². The number of thiazole rings is 1. The lowest BCUT2D eigenvalue weighted by Crippen LogP contribution is -1.89. The highest BCUT2D eigenvalue weighted by Gasteiger charge is 2.23. The first-order valence-corrected chi connectivity index (χ1v) is 9.81. The van der Waals surface area contributed by atoms with E-state index in [2.05, 4.69) is 4.98 Å². The average Bonchev–Trinajstić information content (AvgIpc) is 2.99. The molecule has 0 amide bonds. The Labute approximate surface area is 177 Å². The molecule has 0 saturated carbocycles. The van der Waals surface area contributed by atoms with Crippen LogP contribution in [0.25, 0.3) is 21.8 Å². The third-order valence-electron chi connectivity index (χ3n) is 3.38. The second-order valence-corrected chi connectivity index (χ2v) is 8.35. The molecule has 130 valence electrons. The maximum absolute atomic E-state index is 9.74. The predicted octanol–water partition coefficient (Wildman–Crippen LogP) is 7.89. The van der Waals surface area contributed by atoms with E-state index in [1.165, 1.54) is 11.3 Å². The Balaban J connectivity index is 2.28. The maximum Gasteiger partial charge on any atom is 0.127 e. The number of nitrogens with zero attached hydrogens (tertiary/aromatic N) is 1. The summed E-state index contributed by atoms with van der Waals surface area (Å²) in [5.74, 6) is 0. The normalized spacial score (nSPS) is 11.2. The molecule has 3 rings (SSSR count). The van der Waals surface area contributed by atoms with Gasteiger partial charge in [-0.1, -0.05) is 69.6 Å². The van der Waals surface area contributed by atoms with E-state index in [1.807, 2.05) is 0 Å². The van der Waals surface area contributed by atoms with Crippen LogP contribution in [0.2, 0.25) is 30.1 Å². The van der Waals surface area contributed by atoms with E-state index >= 15 is 0 Å². The molecule has 0 fully saturated rings. The van der Waals surface area contributed by atoms with Gasteiger partial charge < -0.3 is 5.11 Å². The van der Waals surface area contributed by atoms with Crippen LogP contribution >= 0.6 is 80.9 Å². The second kappa shape index (κ2) is 7.79. The minimum Gasteiger partial charge on any atom is -0.391 e. The molecule has 1 heterocycles. The molecule has 1 aromatic heterocycles. The molecule has 0 aliphatic heterocycles. The molecule has 0 saturated heterocycles. The SMILES string of the molecule is OCc1sc(-c2c(Cl)ccc(Cl)c2Cl)nc1-c1c(Cl)ccc(Cl)c1Cl. The summed E-state index contributed by atoms with van der Waals surface area (Å²) in [7, 11) is 0. The summed E-state index contributed by atoms with van der Waals surface area (Å²) < 4.78 is 0. The number of halogens is 6. The van der Waals surface area contributed by atoms with Crippen molar-refractivity contribution in [3.63, 3.8) is 0 Å². The van der Waals surface area contributed by atoms with Crippen LogP contribution in [0.15, 0.2) is 24.3 Å². The number of aromatic nitrogens is 1. The monoisotopic (exact) mass is 471 g/mol. The minimum absolute atomic E-state index is 0.254. The minimum atomic E-state index is -0.262. The van der Waals surface area contributed by atoms with Gasteiger partial charge in [0.05, 0.1) is 47.3 Å². The largest absolute Gasteiger partial charge is 0.391 e. The molecule has 2 aromatic carbocycles. The van der Waals surface area contributed by atoms with Crippen molar-refractivity contribution in [3.05, 3.63) is 59.3 Å². The molecule has 0 aliphatic rings. The van der Waals surface area contributed by atoms with E-state index in [0.717, 1.165) is 0 Å². The smallest absolute Gasteiger partial charge is 0.127 e. The number of benzene rings is 2. The van der Waals surface area contributed by atoms with Crippen LogP contribution in [-0.4, -0.2) is 10.1 Å². The van der Waals surface area contributed by atoms with Crippen LogP contribution in [0, 0.1) is 0 Å². The first kappa shape index (κ1) is 19.5. The van der Waals surface area contributed by atoms with Gasteiger partial charge in [-0.2, -0.15) is 0 Å². The van der Waals surface area contributed by atoms with Gasteiger partial charge >= 0.3 is 0 Å². The third-order valence-corrected chi connectivity index (χ3v) is 6.68. The Hall–Kier alpha value is -0.230.